The number of hydrogen-bond donors (Lipinski definition) is 2. The largest absolute Gasteiger partial charge is 0.508 e. The number of aromatic hydroxyl groups is 1. The van der Waals surface area contributed by atoms with Gasteiger partial charge < -0.3 is 20.5 Å². The Kier molecular flexibility index (Phi) is 7.52. The fourth-order valence-electron chi connectivity index (χ4n) is 5.21. The molecule has 3 N–H and O–H groups in total. The van der Waals surface area contributed by atoms with Crippen LogP contribution in [0.25, 0.3) is 27.9 Å². The number of nitrogens with two attached hydrogens (primary N) is 1. The Morgan fingerprint density at radius 3 is 2.66 bits per heavy atom. The minimum atomic E-state index is -0.700. The lowest BCUT2D eigenvalue weighted by atomic mass is 9.88. The molecule has 1 unspecified atom stereocenters. The summed E-state index contributed by atoms with van der Waals surface area (Å²) in [6.45, 7) is 6.61. The van der Waals surface area contributed by atoms with Crippen LogP contribution in [-0.4, -0.2) is 55.2 Å². The number of ether oxygens (including phenoxy) is 1. The fraction of sp³-hybridized carbons (Fsp3) is 0.233. The third-order valence-corrected chi connectivity index (χ3v) is 7.23. The number of amides is 1. The minimum absolute atomic E-state index is 0.0179. The molecule has 0 spiro atoms. The lowest BCUT2D eigenvalue weighted by molar-refractivity contribution is -0.128. The molecule has 0 bridgehead atoms. The molecule has 5 rings (SSSR count). The molecule has 2 aromatic heterocycles. The Bertz CT molecular complexity index is 1710. The van der Waals surface area contributed by atoms with E-state index in [1.807, 2.05) is 37.3 Å². The summed E-state index contributed by atoms with van der Waals surface area (Å²) in [4.78, 5) is 34.2. The molecule has 1 amide bonds. The van der Waals surface area contributed by atoms with E-state index < -0.39 is 11.9 Å². The number of benzene rings is 2. The number of phenols is 1. The third-order valence-electron chi connectivity index (χ3n) is 7.23. The van der Waals surface area contributed by atoms with E-state index in [4.69, 9.17) is 15.6 Å². The van der Waals surface area contributed by atoms with E-state index >= 15 is 0 Å². The van der Waals surface area contributed by atoms with Crippen LogP contribution in [0.2, 0.25) is 0 Å². The van der Waals surface area contributed by atoms with E-state index in [2.05, 4.69) is 9.97 Å². The first-order valence-corrected chi connectivity index (χ1v) is 13.0. The Morgan fingerprint density at radius 2 is 2.00 bits per heavy atom. The van der Waals surface area contributed by atoms with Gasteiger partial charge in [-0.2, -0.15) is 5.10 Å². The van der Waals surface area contributed by atoms with E-state index in [1.54, 1.807) is 16.5 Å². The van der Waals surface area contributed by atoms with Crippen LogP contribution < -0.4 is 5.73 Å². The zero-order chi connectivity index (χ0) is 29.3. The molecule has 0 radical (unpaired) electrons. The molecule has 4 aromatic rings. The Hall–Kier alpha value is -5.06. The summed E-state index contributed by atoms with van der Waals surface area (Å²) < 4.78 is 21.5. The van der Waals surface area contributed by atoms with E-state index in [0.717, 1.165) is 22.8 Å². The Labute approximate surface area is 235 Å². The maximum atomic E-state index is 14.3. The number of rotatable bonds is 7. The number of allylic oxidation sites excluding steroid dienone is 2. The highest BCUT2D eigenvalue weighted by Crippen LogP contribution is 2.40. The molecule has 0 fully saturated rings. The topological polar surface area (TPSA) is 136 Å². The van der Waals surface area contributed by atoms with Gasteiger partial charge in [-0.3, -0.25) is 9.59 Å². The molecule has 1 aliphatic rings. The molecule has 3 heterocycles. The van der Waals surface area contributed by atoms with Gasteiger partial charge in [0.15, 0.2) is 5.65 Å². The quantitative estimate of drug-likeness (QED) is 0.250. The lowest BCUT2D eigenvalue weighted by Crippen LogP contribution is -2.33. The van der Waals surface area contributed by atoms with Gasteiger partial charge in [0.2, 0.25) is 5.91 Å². The second-order valence-corrected chi connectivity index (χ2v) is 9.84. The smallest absolute Gasteiger partial charge is 0.298 e. The van der Waals surface area contributed by atoms with Crippen LogP contribution in [0.15, 0.2) is 66.2 Å². The van der Waals surface area contributed by atoms with Crippen molar-refractivity contribution in [2.75, 3.05) is 18.8 Å². The molecule has 0 saturated heterocycles. The first-order valence-electron chi connectivity index (χ1n) is 13.0. The number of carbonyl (C=O) groups is 2. The summed E-state index contributed by atoms with van der Waals surface area (Å²) in [5, 5.41) is 15.2. The van der Waals surface area contributed by atoms with E-state index in [1.165, 1.54) is 25.4 Å². The number of nitrogen functional groups attached to an aromatic ring is 1. The number of nitrogens with zero attached hydrogens (tertiary/aromatic N) is 5. The average molecular weight is 557 g/mol. The zero-order valence-corrected chi connectivity index (χ0v) is 22.8. The van der Waals surface area contributed by atoms with Gasteiger partial charge in [0.05, 0.1) is 5.39 Å². The summed E-state index contributed by atoms with van der Waals surface area (Å²) in [6, 6.07) is 10.6. The molecule has 1 atom stereocenters. The van der Waals surface area contributed by atoms with E-state index in [-0.39, 0.29) is 28.7 Å². The predicted octanol–water partition coefficient (Wildman–Crippen LogP) is 4.55. The molecular weight excluding hydrogens is 527 g/mol. The van der Waals surface area contributed by atoms with Crippen molar-refractivity contribution in [2.24, 2.45) is 0 Å². The van der Waals surface area contributed by atoms with Crippen molar-refractivity contribution in [1.29, 1.82) is 0 Å². The second-order valence-electron chi connectivity index (χ2n) is 9.84. The summed E-state index contributed by atoms with van der Waals surface area (Å²) in [5.74, 6) is -0.515. The first-order chi connectivity index (χ1) is 19.7. The van der Waals surface area contributed by atoms with Crippen molar-refractivity contribution in [2.45, 2.75) is 33.2 Å². The molecule has 210 valence electrons. The number of carbonyl (C=O) groups excluding carboxylic acids is 2. The first kappa shape index (κ1) is 27.5. The number of anilines is 1. The van der Waals surface area contributed by atoms with Gasteiger partial charge in [0.1, 0.15) is 41.2 Å². The summed E-state index contributed by atoms with van der Waals surface area (Å²) in [7, 11) is 0. The van der Waals surface area contributed by atoms with Gasteiger partial charge in [-0.1, -0.05) is 30.3 Å². The van der Waals surface area contributed by atoms with Crippen LogP contribution in [0.5, 0.6) is 5.75 Å². The van der Waals surface area contributed by atoms with Gasteiger partial charge in [-0.15, -0.1) is 0 Å². The summed E-state index contributed by atoms with van der Waals surface area (Å²) in [5.41, 5.74) is 10.6. The Balaban J connectivity index is 1.76. The lowest BCUT2D eigenvalue weighted by Gasteiger charge is -2.29. The SMILES string of the molecule is CC(=O)N1CC=C(/C(=C(/OC=O)C(C)n2nc(-c3cc(O)cc(F)c3)c3c(N)ncnc32)c2ccccc2C)CC1. The van der Waals surface area contributed by atoms with Crippen LogP contribution in [0.3, 0.4) is 0 Å². The number of aryl methyl sites for hydroxylation is 1. The monoisotopic (exact) mass is 556 g/mol. The van der Waals surface area contributed by atoms with Crippen LogP contribution in [0.4, 0.5) is 10.2 Å². The number of hydrogen-bond acceptors (Lipinski definition) is 8. The van der Waals surface area contributed by atoms with Crippen LogP contribution in [0.1, 0.15) is 37.4 Å². The molecular formula is C30H29FN6O4. The third kappa shape index (κ3) is 5.25. The second kappa shape index (κ2) is 11.2. The number of aromatic nitrogens is 4. The van der Waals surface area contributed by atoms with Gasteiger partial charge in [0, 0.05) is 37.2 Å². The molecule has 11 heteroatoms. The van der Waals surface area contributed by atoms with Gasteiger partial charge in [0.25, 0.3) is 6.47 Å². The maximum absolute atomic E-state index is 14.3. The summed E-state index contributed by atoms with van der Waals surface area (Å²) in [6.07, 6.45) is 3.81. The highest BCUT2D eigenvalue weighted by atomic mass is 19.1. The molecule has 41 heavy (non-hydrogen) atoms. The van der Waals surface area contributed by atoms with Crippen LogP contribution >= 0.6 is 0 Å². The molecule has 10 nitrogen and oxygen atoms in total. The van der Waals surface area contributed by atoms with E-state index in [0.29, 0.717) is 48.3 Å². The van der Waals surface area contributed by atoms with Crippen molar-refractivity contribution in [3.05, 3.63) is 83.1 Å². The minimum Gasteiger partial charge on any atom is -0.508 e. The highest BCUT2D eigenvalue weighted by Gasteiger charge is 2.29. The number of halogens is 1. The Morgan fingerprint density at radius 1 is 1.22 bits per heavy atom. The highest BCUT2D eigenvalue weighted by molar-refractivity contribution is 5.98. The average Bonchev–Trinajstić information content (AvgIpc) is 3.34. The van der Waals surface area contributed by atoms with E-state index in [9.17, 15) is 19.1 Å². The maximum Gasteiger partial charge on any atom is 0.298 e. The molecule has 1 aliphatic heterocycles. The predicted molar refractivity (Wildman–Crippen MR) is 152 cm³/mol. The van der Waals surface area contributed by atoms with Crippen molar-refractivity contribution in [3.63, 3.8) is 0 Å². The van der Waals surface area contributed by atoms with Crippen LogP contribution in [-0.2, 0) is 14.3 Å². The van der Waals surface area contributed by atoms with Crippen molar-refractivity contribution < 1.29 is 23.8 Å². The molecule has 0 aliphatic carbocycles. The summed E-state index contributed by atoms with van der Waals surface area (Å²) >= 11 is 0. The normalized spacial score (nSPS) is 14.8. The number of phenolic OH excluding ortho intramolecular Hbond substituents is 1. The van der Waals surface area contributed by atoms with Gasteiger partial charge in [-0.05, 0) is 49.1 Å². The fourth-order valence-corrected chi connectivity index (χ4v) is 5.21. The number of fused-ring (bicyclic) bond motifs is 1. The van der Waals surface area contributed by atoms with Crippen molar-refractivity contribution in [3.8, 4) is 17.0 Å². The van der Waals surface area contributed by atoms with Crippen LogP contribution in [0, 0.1) is 12.7 Å². The molecule has 2 aromatic carbocycles. The van der Waals surface area contributed by atoms with Crippen molar-refractivity contribution in [1.82, 2.24) is 24.6 Å². The zero-order valence-electron chi connectivity index (χ0n) is 22.8. The molecule has 0 saturated carbocycles. The van der Waals surface area contributed by atoms with Gasteiger partial charge in [-0.25, -0.2) is 19.0 Å². The standard InChI is InChI=1S/C30H29FN6O4/c1-17-6-4-5-7-24(17)25(20-8-10-36(11-9-20)19(3)39)28(41-16-38)18(2)37-30-26(29(32)33-15-34-30)27(35-37)21-12-22(31)14-23(40)13-21/h4-8,12-16,18,40H,9-11H2,1-3H3,(H2,32,33,34)/b28-25-. The van der Waals surface area contributed by atoms with Crippen molar-refractivity contribution >= 4 is 34.8 Å². The van der Waals surface area contributed by atoms with Gasteiger partial charge >= 0.3 is 0 Å².